The molecule has 94 valence electrons. The maximum absolute atomic E-state index is 6.15. The van der Waals surface area contributed by atoms with E-state index in [4.69, 9.17) is 11.6 Å². The lowest BCUT2D eigenvalue weighted by molar-refractivity contribution is 1.26. The van der Waals surface area contributed by atoms with Crippen LogP contribution in [0.2, 0.25) is 5.02 Å². The van der Waals surface area contributed by atoms with Gasteiger partial charge in [-0.25, -0.2) is 4.98 Å². The summed E-state index contributed by atoms with van der Waals surface area (Å²) < 4.78 is 2.00. The molecule has 0 unspecified atom stereocenters. The van der Waals surface area contributed by atoms with Gasteiger partial charge in [-0.3, -0.25) is 3.97 Å². The highest BCUT2D eigenvalue weighted by Gasteiger charge is 2.12. The van der Waals surface area contributed by atoms with Crippen LogP contribution in [0.5, 0.6) is 0 Å². The number of aromatic nitrogens is 2. The largest absolute Gasteiger partial charge is 0.270 e. The van der Waals surface area contributed by atoms with Crippen LogP contribution in [0, 0.1) is 6.92 Å². The molecule has 0 amide bonds. The highest BCUT2D eigenvalue weighted by atomic mass is 127. The maximum Gasteiger partial charge on any atom is 0.151 e. The molecule has 0 N–H and O–H groups in total. The lowest BCUT2D eigenvalue weighted by atomic mass is 10.2. The van der Waals surface area contributed by atoms with E-state index in [1.165, 1.54) is 5.56 Å². The SMILES string of the molecule is CC.Cc1cn(SP(I)I)c2nccc(Cl)c12. The highest BCUT2D eigenvalue weighted by molar-refractivity contribution is 14.3. The summed E-state index contributed by atoms with van der Waals surface area (Å²) in [5.74, 6) is 0. The van der Waals surface area contributed by atoms with Gasteiger partial charge < -0.3 is 0 Å². The number of nitrogens with zero attached hydrogens (tertiary/aromatic N) is 2. The fourth-order valence-corrected chi connectivity index (χ4v) is 6.42. The van der Waals surface area contributed by atoms with Crippen LogP contribution in [0.1, 0.15) is 19.4 Å². The van der Waals surface area contributed by atoms with Crippen molar-refractivity contribution in [1.82, 2.24) is 8.96 Å². The molecule has 2 nitrogen and oxygen atoms in total. The molecular formula is C10H12ClI2N2PS. The second-order valence-corrected chi connectivity index (χ2v) is 21.1. The standard InChI is InChI=1S/C8H6ClI2N2PS.C2H6/c1-5-4-13(15-14(10)11)8-7(5)6(9)2-3-12-8;1-2/h2-4H,1H3;1-2H3. The molecule has 0 aliphatic rings. The zero-order valence-corrected chi connectivity index (χ0v) is 16.4. The molecule has 0 atom stereocenters. The van der Waals surface area contributed by atoms with Crippen LogP contribution >= 0.6 is 69.7 Å². The number of fused-ring (bicyclic) bond motifs is 1. The average molecular weight is 513 g/mol. The Balaban J connectivity index is 0.000000686. The van der Waals surface area contributed by atoms with E-state index in [9.17, 15) is 0 Å². The van der Waals surface area contributed by atoms with Gasteiger partial charge in [-0.05, 0) is 62.6 Å². The van der Waals surface area contributed by atoms with Gasteiger partial charge in [0.1, 0.15) is 2.41 Å². The van der Waals surface area contributed by atoms with Crippen molar-refractivity contribution >= 4 is 80.7 Å². The summed E-state index contributed by atoms with van der Waals surface area (Å²) in [4.78, 5) is 4.38. The molecule has 0 aliphatic carbocycles. The first-order chi connectivity index (χ1) is 8.09. The Morgan fingerprint density at radius 2 is 2.06 bits per heavy atom. The Morgan fingerprint density at radius 3 is 2.65 bits per heavy atom. The molecule has 0 fully saturated rings. The smallest absolute Gasteiger partial charge is 0.151 e. The van der Waals surface area contributed by atoms with Crippen molar-refractivity contribution < 1.29 is 0 Å². The normalized spacial score (nSPS) is 10.5. The number of aryl methyl sites for hydroxylation is 1. The first-order valence-corrected chi connectivity index (χ1v) is 13.7. The molecule has 2 aromatic rings. The van der Waals surface area contributed by atoms with E-state index in [0.717, 1.165) is 16.1 Å². The maximum atomic E-state index is 6.15. The van der Waals surface area contributed by atoms with Gasteiger partial charge in [-0.1, -0.05) is 25.4 Å². The van der Waals surface area contributed by atoms with Crippen LogP contribution in [0.4, 0.5) is 0 Å². The van der Waals surface area contributed by atoms with Crippen LogP contribution < -0.4 is 0 Å². The topological polar surface area (TPSA) is 17.8 Å². The fourth-order valence-electron chi connectivity index (χ4n) is 1.39. The first-order valence-electron chi connectivity index (χ1n) is 5.02. The van der Waals surface area contributed by atoms with Crippen molar-refractivity contribution in [3.05, 3.63) is 29.0 Å². The third kappa shape index (κ3) is 4.09. The summed E-state index contributed by atoms with van der Waals surface area (Å²) >= 11 is 12.8. The molecule has 17 heavy (non-hydrogen) atoms. The van der Waals surface area contributed by atoms with Gasteiger partial charge in [0.15, 0.2) is 5.65 Å². The minimum atomic E-state index is -0.110. The van der Waals surface area contributed by atoms with E-state index in [2.05, 4.69) is 66.2 Å². The lowest BCUT2D eigenvalue weighted by Gasteiger charge is -2.03. The third-order valence-corrected chi connectivity index (χ3v) is 6.91. The lowest BCUT2D eigenvalue weighted by Crippen LogP contribution is -1.83. The number of halogens is 3. The van der Waals surface area contributed by atoms with Crippen molar-refractivity contribution in [3.63, 3.8) is 0 Å². The van der Waals surface area contributed by atoms with Gasteiger partial charge >= 0.3 is 0 Å². The van der Waals surface area contributed by atoms with Gasteiger partial charge in [-0.15, -0.1) is 0 Å². The van der Waals surface area contributed by atoms with Crippen LogP contribution in [-0.4, -0.2) is 8.96 Å². The molecule has 0 saturated heterocycles. The zero-order valence-electron chi connectivity index (χ0n) is 9.62. The Bertz CT molecular complexity index is 504. The van der Waals surface area contributed by atoms with E-state index >= 15 is 0 Å². The quantitative estimate of drug-likeness (QED) is 0.333. The summed E-state index contributed by atoms with van der Waals surface area (Å²) in [6.45, 7) is 6.07. The summed E-state index contributed by atoms with van der Waals surface area (Å²) in [6.07, 6.45) is 3.85. The predicted molar refractivity (Wildman–Crippen MR) is 98.8 cm³/mol. The Kier molecular flexibility index (Phi) is 7.39. The molecular weight excluding hydrogens is 500 g/mol. The van der Waals surface area contributed by atoms with E-state index in [1.54, 1.807) is 17.8 Å². The minimum Gasteiger partial charge on any atom is -0.270 e. The van der Waals surface area contributed by atoms with Crippen molar-refractivity contribution in [2.75, 3.05) is 0 Å². The minimum absolute atomic E-state index is 0.110. The van der Waals surface area contributed by atoms with Crippen molar-refractivity contribution in [3.8, 4) is 0 Å². The van der Waals surface area contributed by atoms with Crippen molar-refractivity contribution in [2.24, 2.45) is 0 Å². The van der Waals surface area contributed by atoms with Gasteiger partial charge in [0, 0.05) is 29.3 Å². The number of rotatable bonds is 2. The van der Waals surface area contributed by atoms with Gasteiger partial charge in [0.25, 0.3) is 0 Å². The Morgan fingerprint density at radius 1 is 1.41 bits per heavy atom. The van der Waals surface area contributed by atoms with Crippen molar-refractivity contribution in [2.45, 2.75) is 20.8 Å². The number of hydrogen-bond donors (Lipinski definition) is 0. The van der Waals surface area contributed by atoms with E-state index in [-0.39, 0.29) is 2.41 Å². The predicted octanol–water partition coefficient (Wildman–Crippen LogP) is 6.62. The van der Waals surface area contributed by atoms with Gasteiger partial charge in [-0.2, -0.15) is 0 Å². The molecule has 0 saturated carbocycles. The summed E-state index contributed by atoms with van der Waals surface area (Å²) in [5, 5.41) is 1.85. The van der Waals surface area contributed by atoms with Crippen LogP contribution in [-0.2, 0) is 0 Å². The second-order valence-electron chi connectivity index (χ2n) is 2.91. The molecule has 2 heterocycles. The van der Waals surface area contributed by atoms with Gasteiger partial charge in [0.2, 0.25) is 0 Å². The van der Waals surface area contributed by atoms with Crippen LogP contribution in [0.3, 0.4) is 0 Å². The van der Waals surface area contributed by atoms with Gasteiger partial charge in [0.05, 0.1) is 5.02 Å². The molecule has 2 aromatic heterocycles. The van der Waals surface area contributed by atoms with Crippen LogP contribution in [0.25, 0.3) is 11.0 Å². The average Bonchev–Trinajstić information content (AvgIpc) is 2.59. The van der Waals surface area contributed by atoms with E-state index in [1.807, 2.05) is 19.9 Å². The summed E-state index contributed by atoms with van der Waals surface area (Å²) in [7, 11) is 0. The Hall–Kier alpha value is 1.22. The Labute approximate surface area is 138 Å². The highest BCUT2D eigenvalue weighted by Crippen LogP contribution is 2.65. The third-order valence-electron chi connectivity index (χ3n) is 1.94. The molecule has 0 spiro atoms. The number of pyridine rings is 1. The molecule has 7 heteroatoms. The molecule has 0 bridgehead atoms. The molecule has 0 aromatic carbocycles. The number of hydrogen-bond acceptors (Lipinski definition) is 2. The molecule has 0 aliphatic heterocycles. The fraction of sp³-hybridized carbons (Fsp3) is 0.300. The monoisotopic (exact) mass is 512 g/mol. The summed E-state index contributed by atoms with van der Waals surface area (Å²) in [5.41, 5.74) is 2.14. The van der Waals surface area contributed by atoms with Crippen LogP contribution in [0.15, 0.2) is 18.5 Å². The zero-order chi connectivity index (χ0) is 13.0. The van der Waals surface area contributed by atoms with Crippen molar-refractivity contribution in [1.29, 1.82) is 0 Å². The van der Waals surface area contributed by atoms with E-state index < -0.39 is 0 Å². The molecule has 0 radical (unpaired) electrons. The van der Waals surface area contributed by atoms with E-state index in [0.29, 0.717) is 0 Å². The molecule has 2 rings (SSSR count). The first kappa shape index (κ1) is 16.3. The second kappa shape index (κ2) is 7.72. The summed E-state index contributed by atoms with van der Waals surface area (Å²) in [6, 6.07) is 1.84.